The van der Waals surface area contributed by atoms with Crippen LogP contribution in [-0.4, -0.2) is 28.2 Å². The fraction of sp³-hybridized carbons (Fsp3) is 0.0909. The van der Waals surface area contributed by atoms with Crippen molar-refractivity contribution in [3.63, 3.8) is 0 Å². The molecule has 0 saturated heterocycles. The minimum atomic E-state index is -1.16. The number of methoxy groups -OCH3 is 1. The number of carbonyl (C=O) groups is 1. The molecule has 0 aliphatic rings. The van der Waals surface area contributed by atoms with Crippen LogP contribution < -0.4 is 9.47 Å². The Morgan fingerprint density at radius 2 is 1.73 bits per heavy atom. The van der Waals surface area contributed by atoms with E-state index in [0.717, 1.165) is 11.8 Å². The summed E-state index contributed by atoms with van der Waals surface area (Å²) in [6.45, 7) is 1.81. The molecule has 0 fully saturated rings. The van der Waals surface area contributed by atoms with Gasteiger partial charge < -0.3 is 19.3 Å². The lowest BCUT2D eigenvalue weighted by molar-refractivity contribution is -0.130. The van der Waals surface area contributed by atoms with Crippen LogP contribution in [0.15, 0.2) is 61.1 Å². The second-order valence-electron chi connectivity index (χ2n) is 6.03. The maximum atomic E-state index is 11.6. The molecule has 8 heteroatoms. The van der Waals surface area contributed by atoms with Crippen LogP contribution in [0.2, 0.25) is 0 Å². The quantitative estimate of drug-likeness (QED) is 0.458. The molecule has 1 heterocycles. The molecule has 1 N–H and O–H groups in total. The Labute approximate surface area is 172 Å². The van der Waals surface area contributed by atoms with Gasteiger partial charge in [0, 0.05) is 5.56 Å². The molecular weight excluding hydrogens is 386 g/mol. The van der Waals surface area contributed by atoms with Crippen LogP contribution in [0.3, 0.4) is 0 Å². The molecule has 0 atom stereocenters. The molecule has 3 aromatic rings. The standard InChI is InChI=1S/C22H17N3O5/c1-14-6-5-9-19(16(14)11-23)30-21-10-20(24-13-25-21)29-18-8-4-3-7-15(18)17(12-28-2)22(26)27/h3-10,12-13H,1-2H3,(H,26,27)/b17-12+. The van der Waals surface area contributed by atoms with Gasteiger partial charge in [-0.25, -0.2) is 14.8 Å². The molecule has 3 rings (SSSR count). The van der Waals surface area contributed by atoms with Crippen molar-refractivity contribution in [1.29, 1.82) is 5.26 Å². The smallest absolute Gasteiger partial charge is 0.339 e. The van der Waals surface area contributed by atoms with Gasteiger partial charge in [-0.3, -0.25) is 0 Å². The summed E-state index contributed by atoms with van der Waals surface area (Å²) in [5.74, 6) is -0.228. The number of carboxylic acids is 1. The van der Waals surface area contributed by atoms with Gasteiger partial charge in [-0.2, -0.15) is 5.26 Å². The van der Waals surface area contributed by atoms with Crippen LogP contribution in [0, 0.1) is 18.3 Å². The van der Waals surface area contributed by atoms with E-state index in [1.807, 2.05) is 13.0 Å². The van der Waals surface area contributed by atoms with E-state index in [9.17, 15) is 15.2 Å². The Morgan fingerprint density at radius 1 is 1.07 bits per heavy atom. The molecule has 0 unspecified atom stereocenters. The maximum Gasteiger partial charge on any atom is 0.339 e. The van der Waals surface area contributed by atoms with E-state index in [-0.39, 0.29) is 23.1 Å². The Balaban J connectivity index is 1.91. The van der Waals surface area contributed by atoms with Crippen molar-refractivity contribution in [1.82, 2.24) is 9.97 Å². The zero-order chi connectivity index (χ0) is 21.5. The third-order valence-electron chi connectivity index (χ3n) is 4.04. The first kappa shape index (κ1) is 20.4. The molecule has 0 amide bonds. The van der Waals surface area contributed by atoms with Crippen molar-refractivity contribution in [3.8, 4) is 29.3 Å². The predicted molar refractivity (Wildman–Crippen MR) is 107 cm³/mol. The highest BCUT2D eigenvalue weighted by atomic mass is 16.5. The summed E-state index contributed by atoms with van der Waals surface area (Å²) in [6, 6.07) is 15.4. The molecule has 8 nitrogen and oxygen atoms in total. The average Bonchev–Trinajstić information content (AvgIpc) is 2.73. The third kappa shape index (κ3) is 4.54. The molecule has 0 aliphatic carbocycles. The largest absolute Gasteiger partial charge is 0.503 e. The third-order valence-corrected chi connectivity index (χ3v) is 4.04. The van der Waals surface area contributed by atoms with Crippen molar-refractivity contribution in [2.45, 2.75) is 6.92 Å². The normalized spacial score (nSPS) is 10.8. The zero-order valence-corrected chi connectivity index (χ0v) is 16.2. The number of aryl methyl sites for hydroxylation is 1. The monoisotopic (exact) mass is 403 g/mol. The predicted octanol–water partition coefficient (Wildman–Crippen LogP) is 4.31. The number of rotatable bonds is 7. The molecule has 30 heavy (non-hydrogen) atoms. The molecule has 2 aromatic carbocycles. The van der Waals surface area contributed by atoms with Gasteiger partial charge in [-0.05, 0) is 24.6 Å². The molecule has 0 bridgehead atoms. The number of nitriles is 1. The Hall–Kier alpha value is -4.38. The zero-order valence-electron chi connectivity index (χ0n) is 16.2. The molecule has 150 valence electrons. The van der Waals surface area contributed by atoms with Gasteiger partial charge in [-0.15, -0.1) is 0 Å². The lowest BCUT2D eigenvalue weighted by Crippen LogP contribution is -2.03. The first-order valence-electron chi connectivity index (χ1n) is 8.76. The average molecular weight is 403 g/mol. The second kappa shape index (κ2) is 9.21. The first-order chi connectivity index (χ1) is 14.5. The highest BCUT2D eigenvalue weighted by Crippen LogP contribution is 2.32. The number of aliphatic carboxylic acids is 1. The number of hydrogen-bond donors (Lipinski definition) is 1. The minimum absolute atomic E-state index is 0.0722. The summed E-state index contributed by atoms with van der Waals surface area (Å²) in [6.07, 6.45) is 2.37. The maximum absolute atomic E-state index is 11.6. The summed E-state index contributed by atoms with van der Waals surface area (Å²) in [5, 5.41) is 18.8. The first-order valence-corrected chi connectivity index (χ1v) is 8.76. The van der Waals surface area contributed by atoms with Gasteiger partial charge in [0.1, 0.15) is 29.5 Å². The van der Waals surface area contributed by atoms with E-state index in [4.69, 9.17) is 14.2 Å². The van der Waals surface area contributed by atoms with Gasteiger partial charge in [0.25, 0.3) is 0 Å². The van der Waals surface area contributed by atoms with E-state index in [0.29, 0.717) is 16.9 Å². The van der Waals surface area contributed by atoms with Crippen LogP contribution in [0.1, 0.15) is 16.7 Å². The Bertz CT molecular complexity index is 1150. The molecule has 0 saturated carbocycles. The summed E-state index contributed by atoms with van der Waals surface area (Å²) in [5.41, 5.74) is 1.43. The molecular formula is C22H17N3O5. The van der Waals surface area contributed by atoms with E-state index >= 15 is 0 Å². The van der Waals surface area contributed by atoms with E-state index in [2.05, 4.69) is 16.0 Å². The van der Waals surface area contributed by atoms with Crippen LogP contribution in [0.5, 0.6) is 23.3 Å². The van der Waals surface area contributed by atoms with Crippen LogP contribution >= 0.6 is 0 Å². The van der Waals surface area contributed by atoms with Gasteiger partial charge in [0.05, 0.1) is 25.0 Å². The number of ether oxygens (including phenoxy) is 3. The van der Waals surface area contributed by atoms with Gasteiger partial charge in [-0.1, -0.05) is 30.3 Å². The Kier molecular flexibility index (Phi) is 6.25. The van der Waals surface area contributed by atoms with Crippen molar-refractivity contribution < 1.29 is 24.1 Å². The summed E-state index contributed by atoms with van der Waals surface area (Å²) in [4.78, 5) is 19.7. The lowest BCUT2D eigenvalue weighted by atomic mass is 10.1. The van der Waals surface area contributed by atoms with Gasteiger partial charge in [0.2, 0.25) is 11.8 Å². The van der Waals surface area contributed by atoms with E-state index in [1.54, 1.807) is 36.4 Å². The van der Waals surface area contributed by atoms with Crippen LogP contribution in [0.25, 0.3) is 5.57 Å². The minimum Gasteiger partial charge on any atom is -0.503 e. The summed E-state index contributed by atoms with van der Waals surface area (Å²) < 4.78 is 16.4. The lowest BCUT2D eigenvalue weighted by Gasteiger charge is -2.12. The fourth-order valence-corrected chi connectivity index (χ4v) is 2.65. The Morgan fingerprint density at radius 3 is 2.40 bits per heavy atom. The number of para-hydroxylation sites is 1. The summed E-state index contributed by atoms with van der Waals surface area (Å²) in [7, 11) is 1.36. The number of carboxylic acid groups (broad SMARTS) is 1. The van der Waals surface area contributed by atoms with Crippen LogP contribution in [0.4, 0.5) is 0 Å². The molecule has 0 aliphatic heterocycles. The number of hydrogen-bond acceptors (Lipinski definition) is 7. The van der Waals surface area contributed by atoms with Crippen LogP contribution in [-0.2, 0) is 9.53 Å². The van der Waals surface area contributed by atoms with E-state index in [1.165, 1.54) is 19.5 Å². The molecule has 0 radical (unpaired) electrons. The van der Waals surface area contributed by atoms with Gasteiger partial charge >= 0.3 is 5.97 Å². The highest BCUT2D eigenvalue weighted by molar-refractivity contribution is 6.15. The topological polar surface area (TPSA) is 115 Å². The SMILES string of the molecule is CO/C=C(/C(=O)O)c1ccccc1Oc1cc(Oc2cccc(C)c2C#N)ncn1. The number of benzene rings is 2. The van der Waals surface area contributed by atoms with Crippen molar-refractivity contribution in [2.75, 3.05) is 7.11 Å². The van der Waals surface area contributed by atoms with Crippen molar-refractivity contribution in [2.24, 2.45) is 0 Å². The van der Waals surface area contributed by atoms with E-state index < -0.39 is 5.97 Å². The number of nitrogens with zero attached hydrogens (tertiary/aromatic N) is 3. The highest BCUT2D eigenvalue weighted by Gasteiger charge is 2.17. The molecule has 0 spiro atoms. The molecule has 1 aromatic heterocycles. The summed E-state index contributed by atoms with van der Waals surface area (Å²) >= 11 is 0. The fourth-order valence-electron chi connectivity index (χ4n) is 2.65. The van der Waals surface area contributed by atoms with Gasteiger partial charge in [0.15, 0.2) is 0 Å². The second-order valence-corrected chi connectivity index (χ2v) is 6.03. The number of aromatic nitrogens is 2. The van der Waals surface area contributed by atoms with Crippen molar-refractivity contribution in [3.05, 3.63) is 77.8 Å². The van der Waals surface area contributed by atoms with Crippen molar-refractivity contribution >= 4 is 11.5 Å².